The number of anilines is 1. The highest BCUT2D eigenvalue weighted by Gasteiger charge is 2.40. The molecule has 0 bridgehead atoms. The Kier molecular flexibility index (Phi) is 9.26. The minimum absolute atomic E-state index is 0.0747. The van der Waals surface area contributed by atoms with Crippen molar-refractivity contribution >= 4 is 15.8 Å². The van der Waals surface area contributed by atoms with Gasteiger partial charge in [0.2, 0.25) is 10.0 Å². The van der Waals surface area contributed by atoms with Crippen molar-refractivity contribution in [1.82, 2.24) is 24.1 Å². The number of benzene rings is 2. The van der Waals surface area contributed by atoms with E-state index in [1.165, 1.54) is 9.87 Å². The van der Waals surface area contributed by atoms with E-state index in [1.54, 1.807) is 39.3 Å². The average molecular weight is 609 g/mol. The van der Waals surface area contributed by atoms with Crippen LogP contribution in [0.5, 0.6) is 11.8 Å². The van der Waals surface area contributed by atoms with Gasteiger partial charge in [-0.2, -0.15) is 9.29 Å². The summed E-state index contributed by atoms with van der Waals surface area (Å²) in [6, 6.07) is 16.5. The van der Waals surface area contributed by atoms with Crippen LogP contribution in [0, 0.1) is 13.8 Å². The first-order chi connectivity index (χ1) is 20.5. The molecule has 2 aromatic carbocycles. The van der Waals surface area contributed by atoms with E-state index in [4.69, 9.17) is 9.47 Å². The Hall–Kier alpha value is -3.25. The molecule has 2 aliphatic heterocycles. The summed E-state index contributed by atoms with van der Waals surface area (Å²) in [7, 11) is 4.34. The highest BCUT2D eigenvalue weighted by Crippen LogP contribution is 2.37. The third-order valence-electron chi connectivity index (χ3n) is 8.97. The number of ether oxygens (including phenoxy) is 2. The lowest BCUT2D eigenvalue weighted by Gasteiger charge is -2.47. The van der Waals surface area contributed by atoms with Gasteiger partial charge in [0.1, 0.15) is 17.7 Å². The minimum Gasteiger partial charge on any atom is -0.497 e. The zero-order valence-corrected chi connectivity index (χ0v) is 27.0. The van der Waals surface area contributed by atoms with E-state index in [1.807, 2.05) is 13.1 Å². The molecule has 0 radical (unpaired) electrons. The van der Waals surface area contributed by atoms with Crippen LogP contribution in [0.2, 0.25) is 0 Å². The van der Waals surface area contributed by atoms with E-state index < -0.39 is 10.0 Å². The van der Waals surface area contributed by atoms with Gasteiger partial charge in [-0.25, -0.2) is 13.4 Å². The summed E-state index contributed by atoms with van der Waals surface area (Å²) >= 11 is 0. The molecule has 3 heterocycles. The Morgan fingerprint density at radius 3 is 2.26 bits per heavy atom. The van der Waals surface area contributed by atoms with Crippen LogP contribution in [0.1, 0.15) is 29.5 Å². The van der Waals surface area contributed by atoms with Crippen molar-refractivity contribution in [1.29, 1.82) is 0 Å². The molecule has 11 heteroatoms. The van der Waals surface area contributed by atoms with Crippen LogP contribution in [0.15, 0.2) is 59.6 Å². The zero-order chi connectivity index (χ0) is 30.8. The number of sulfonamides is 1. The van der Waals surface area contributed by atoms with Crippen molar-refractivity contribution in [2.45, 2.75) is 43.2 Å². The van der Waals surface area contributed by atoms with Crippen LogP contribution in [0.4, 0.5) is 5.82 Å². The van der Waals surface area contributed by atoms with E-state index in [-0.39, 0.29) is 30.7 Å². The second-order valence-electron chi connectivity index (χ2n) is 11.9. The van der Waals surface area contributed by atoms with Crippen LogP contribution in [-0.4, -0.2) is 106 Å². The lowest BCUT2D eigenvalue weighted by Crippen LogP contribution is -2.56. The fourth-order valence-electron chi connectivity index (χ4n) is 6.28. The van der Waals surface area contributed by atoms with Gasteiger partial charge in [0.05, 0.1) is 25.1 Å². The molecule has 0 aliphatic carbocycles. The molecule has 0 atom stereocenters. The van der Waals surface area contributed by atoms with E-state index >= 15 is 0 Å². The van der Waals surface area contributed by atoms with E-state index in [0.29, 0.717) is 21.8 Å². The molecule has 43 heavy (non-hydrogen) atoms. The molecule has 0 amide bonds. The van der Waals surface area contributed by atoms with Crippen molar-refractivity contribution in [3.05, 3.63) is 71.4 Å². The number of nitrogens with zero attached hydrogens (tertiary/aromatic N) is 6. The number of likely N-dealkylation sites (N-methyl/N-ethyl adjacent to an activating group) is 1. The maximum absolute atomic E-state index is 13.3. The monoisotopic (exact) mass is 608 g/mol. The minimum atomic E-state index is -3.64. The van der Waals surface area contributed by atoms with Crippen molar-refractivity contribution in [2.75, 3.05) is 72.4 Å². The van der Waals surface area contributed by atoms with Crippen LogP contribution >= 0.6 is 0 Å². The Bertz CT molecular complexity index is 1480. The van der Waals surface area contributed by atoms with Gasteiger partial charge in [-0.15, -0.1) is 0 Å². The van der Waals surface area contributed by atoms with E-state index in [2.05, 4.69) is 69.1 Å². The van der Waals surface area contributed by atoms with Crippen LogP contribution in [0.25, 0.3) is 0 Å². The Morgan fingerprint density at radius 1 is 1.00 bits per heavy atom. The molecule has 1 aromatic heterocycles. The van der Waals surface area contributed by atoms with Gasteiger partial charge in [0, 0.05) is 45.0 Å². The normalized spacial score (nSPS) is 17.9. The topological polar surface area (TPSA) is 91.3 Å². The number of aromatic nitrogens is 2. The molecule has 2 fully saturated rings. The molecule has 0 spiro atoms. The SMILES string of the molecule is COc1cc(C)c(S(=O)(=O)N2CC(Oc3nccc(N(C)CCN4CCC(c5ccccc5)(N(C)C)CC4)n3)C2)c(C)c1. The Balaban J connectivity index is 1.13. The number of hydrogen-bond donors (Lipinski definition) is 0. The van der Waals surface area contributed by atoms with Gasteiger partial charge in [-0.3, -0.25) is 4.90 Å². The smallest absolute Gasteiger partial charge is 0.318 e. The second kappa shape index (κ2) is 12.8. The molecule has 232 valence electrons. The predicted octanol–water partition coefficient (Wildman–Crippen LogP) is 3.54. The molecular formula is C32H44N6O4S. The quantitative estimate of drug-likeness (QED) is 0.324. The number of aryl methyl sites for hydroxylation is 2. The van der Waals surface area contributed by atoms with Gasteiger partial charge >= 0.3 is 6.01 Å². The van der Waals surface area contributed by atoms with Crippen LogP contribution in [-0.2, 0) is 15.6 Å². The molecule has 0 N–H and O–H groups in total. The highest BCUT2D eigenvalue weighted by molar-refractivity contribution is 7.89. The summed E-state index contributed by atoms with van der Waals surface area (Å²) in [5, 5.41) is 0. The van der Waals surface area contributed by atoms with Gasteiger partial charge in [0.25, 0.3) is 0 Å². The first kappa shape index (κ1) is 31.2. The average Bonchev–Trinajstić information content (AvgIpc) is 2.97. The van der Waals surface area contributed by atoms with Gasteiger partial charge in [0.15, 0.2) is 0 Å². The molecule has 3 aromatic rings. The molecule has 0 unspecified atom stereocenters. The lowest BCUT2D eigenvalue weighted by atomic mass is 9.80. The number of methoxy groups -OCH3 is 1. The van der Waals surface area contributed by atoms with Crippen LogP contribution in [0.3, 0.4) is 0 Å². The summed E-state index contributed by atoms with van der Waals surface area (Å²) in [5.74, 6) is 1.42. The molecule has 2 aliphatic rings. The van der Waals surface area contributed by atoms with Gasteiger partial charge < -0.3 is 19.3 Å². The maximum Gasteiger partial charge on any atom is 0.318 e. The highest BCUT2D eigenvalue weighted by atomic mass is 32.2. The Morgan fingerprint density at radius 2 is 1.65 bits per heavy atom. The third-order valence-corrected chi connectivity index (χ3v) is 11.1. The van der Waals surface area contributed by atoms with Gasteiger partial charge in [-0.05, 0) is 75.7 Å². The Labute approximate surface area is 256 Å². The first-order valence-corrected chi connectivity index (χ1v) is 16.3. The number of hydrogen-bond acceptors (Lipinski definition) is 9. The molecule has 10 nitrogen and oxygen atoms in total. The maximum atomic E-state index is 13.3. The summed E-state index contributed by atoms with van der Waals surface area (Å²) in [5.41, 5.74) is 2.80. The number of piperidine rings is 1. The fraction of sp³-hybridized carbons (Fsp3) is 0.500. The van der Waals surface area contributed by atoms with Crippen LogP contribution < -0.4 is 14.4 Å². The standard InChI is InChI=1S/C32H44N6O4S/c1-24-20-27(41-6)21-25(2)30(24)43(39,40)38-22-28(23-38)42-31-33-15-12-29(34-31)36(5)18-19-37-16-13-32(14-17-37,35(3)4)26-10-8-7-9-11-26/h7-12,15,20-21,28H,13-14,16-19,22-23H2,1-6H3. The van der Waals surface area contributed by atoms with E-state index in [0.717, 1.165) is 44.8 Å². The summed E-state index contributed by atoms with van der Waals surface area (Å²) in [4.78, 5) is 16.3. The van der Waals surface area contributed by atoms with E-state index in [9.17, 15) is 8.42 Å². The second-order valence-corrected chi connectivity index (χ2v) is 13.8. The molecular weight excluding hydrogens is 564 g/mol. The molecule has 0 saturated carbocycles. The molecule has 5 rings (SSSR count). The van der Waals surface area contributed by atoms with Crippen molar-refractivity contribution in [3.63, 3.8) is 0 Å². The largest absolute Gasteiger partial charge is 0.497 e. The predicted molar refractivity (Wildman–Crippen MR) is 168 cm³/mol. The summed E-state index contributed by atoms with van der Waals surface area (Å²) < 4.78 is 39.4. The third kappa shape index (κ3) is 6.50. The first-order valence-electron chi connectivity index (χ1n) is 14.8. The molecule has 2 saturated heterocycles. The van der Waals surface area contributed by atoms with Gasteiger partial charge in [-0.1, -0.05) is 30.3 Å². The zero-order valence-electron chi connectivity index (χ0n) is 26.2. The summed E-state index contributed by atoms with van der Waals surface area (Å²) in [6.45, 7) is 7.93. The summed E-state index contributed by atoms with van der Waals surface area (Å²) in [6.07, 6.45) is 3.57. The number of rotatable bonds is 11. The lowest BCUT2D eigenvalue weighted by molar-refractivity contribution is 0.0550. The number of likely N-dealkylation sites (tertiary alicyclic amines) is 1. The van der Waals surface area contributed by atoms with Crippen molar-refractivity contribution < 1.29 is 17.9 Å². The van der Waals surface area contributed by atoms with Crippen molar-refractivity contribution in [3.8, 4) is 11.8 Å². The van der Waals surface area contributed by atoms with Crippen molar-refractivity contribution in [2.24, 2.45) is 0 Å². The fourth-order valence-corrected chi connectivity index (χ4v) is 8.20.